The van der Waals surface area contributed by atoms with E-state index in [4.69, 9.17) is 4.74 Å². The van der Waals surface area contributed by atoms with E-state index in [1.807, 2.05) is 24.3 Å². The molecule has 1 N–H and O–H groups in total. The number of hydrogen-bond acceptors (Lipinski definition) is 4. The Morgan fingerprint density at radius 3 is 2.52 bits per heavy atom. The number of carbonyl (C=O) groups is 3. The summed E-state index contributed by atoms with van der Waals surface area (Å²) in [6, 6.07) is 6.27. The molecule has 25 heavy (non-hydrogen) atoms. The normalized spacial score (nSPS) is 16.1. The maximum Gasteiger partial charge on any atom is 0.326 e. The minimum Gasteiger partial charge on any atom is -0.480 e. The maximum atomic E-state index is 12.9. The quantitative estimate of drug-likeness (QED) is 0.793. The second-order valence-corrected chi connectivity index (χ2v) is 5.87. The van der Waals surface area contributed by atoms with Crippen LogP contribution >= 0.6 is 0 Å². The molecule has 0 fully saturated rings. The van der Waals surface area contributed by atoms with Gasteiger partial charge in [0.2, 0.25) is 0 Å². The molecular weight excluding hydrogens is 324 g/mol. The van der Waals surface area contributed by atoms with Crippen molar-refractivity contribution in [2.75, 3.05) is 19.7 Å². The largest absolute Gasteiger partial charge is 0.480 e. The molecule has 2 amide bonds. The van der Waals surface area contributed by atoms with E-state index in [9.17, 15) is 19.5 Å². The lowest BCUT2D eigenvalue weighted by Gasteiger charge is -2.37. The number of carboxylic acids is 1. The number of amides is 2. The highest BCUT2D eigenvalue weighted by atomic mass is 16.5. The van der Waals surface area contributed by atoms with Gasteiger partial charge in [0.15, 0.2) is 0 Å². The minimum atomic E-state index is -1.02. The number of benzene rings is 1. The van der Waals surface area contributed by atoms with E-state index in [0.29, 0.717) is 13.2 Å². The van der Waals surface area contributed by atoms with Gasteiger partial charge in [-0.25, -0.2) is 9.59 Å². The summed E-state index contributed by atoms with van der Waals surface area (Å²) in [6.07, 6.45) is 0.377. The molecule has 7 nitrogen and oxygen atoms in total. The first-order valence-corrected chi connectivity index (χ1v) is 8.48. The van der Waals surface area contributed by atoms with Crippen LogP contribution in [0.15, 0.2) is 24.3 Å². The molecule has 1 aromatic rings. The fraction of sp³-hybridized carbons (Fsp3) is 0.500. The third kappa shape index (κ3) is 4.49. The molecule has 1 aliphatic heterocycles. The Balaban J connectivity index is 2.14. The average Bonchev–Trinajstić information content (AvgIpc) is 2.61. The van der Waals surface area contributed by atoms with Crippen LogP contribution in [0, 0.1) is 0 Å². The molecule has 136 valence electrons. The lowest BCUT2D eigenvalue weighted by atomic mass is 9.94. The van der Waals surface area contributed by atoms with Gasteiger partial charge in [-0.3, -0.25) is 4.79 Å². The van der Waals surface area contributed by atoms with Crippen molar-refractivity contribution < 1.29 is 24.2 Å². The highest BCUT2D eigenvalue weighted by molar-refractivity contribution is 5.84. The van der Waals surface area contributed by atoms with E-state index in [-0.39, 0.29) is 37.9 Å². The van der Waals surface area contributed by atoms with Crippen LogP contribution in [0.25, 0.3) is 0 Å². The van der Waals surface area contributed by atoms with Crippen molar-refractivity contribution in [1.29, 1.82) is 0 Å². The van der Waals surface area contributed by atoms with Crippen molar-refractivity contribution in [1.82, 2.24) is 9.80 Å². The van der Waals surface area contributed by atoms with Gasteiger partial charge < -0.3 is 19.6 Å². The zero-order valence-corrected chi connectivity index (χ0v) is 14.6. The smallest absolute Gasteiger partial charge is 0.326 e. The van der Waals surface area contributed by atoms with Crippen LogP contribution in [0.5, 0.6) is 0 Å². The Bertz CT molecular complexity index is 646. The van der Waals surface area contributed by atoms with Crippen molar-refractivity contribution in [3.8, 4) is 0 Å². The Morgan fingerprint density at radius 1 is 1.24 bits per heavy atom. The molecule has 2 rings (SSSR count). The van der Waals surface area contributed by atoms with E-state index < -0.39 is 12.0 Å². The van der Waals surface area contributed by atoms with Crippen molar-refractivity contribution in [2.45, 2.75) is 39.3 Å². The average molecular weight is 348 g/mol. The second-order valence-electron chi connectivity index (χ2n) is 5.87. The Hall–Kier alpha value is -2.57. The summed E-state index contributed by atoms with van der Waals surface area (Å²) in [7, 11) is 0. The summed E-state index contributed by atoms with van der Waals surface area (Å²) in [4.78, 5) is 38.9. The second kappa shape index (κ2) is 8.50. The topological polar surface area (TPSA) is 87.2 Å². The fourth-order valence-electron chi connectivity index (χ4n) is 2.97. The van der Waals surface area contributed by atoms with Crippen LogP contribution in [0.3, 0.4) is 0 Å². The van der Waals surface area contributed by atoms with Crippen molar-refractivity contribution >= 4 is 18.0 Å². The number of carbonyl (C=O) groups excluding carboxylic acids is 2. The molecule has 0 saturated carbocycles. The number of hydrogen-bond donors (Lipinski definition) is 1. The first-order chi connectivity index (χ1) is 12.0. The molecular formula is C18H24N2O5. The number of fused-ring (bicyclic) bond motifs is 1. The molecule has 0 aromatic heterocycles. The Kier molecular flexibility index (Phi) is 6.38. The molecule has 0 unspecified atom stereocenters. The number of ether oxygens (including phenoxy) is 1. The third-order valence-electron chi connectivity index (χ3n) is 4.32. The van der Waals surface area contributed by atoms with Crippen LogP contribution in [0.4, 0.5) is 4.79 Å². The number of carboxylic acid groups (broad SMARTS) is 1. The monoisotopic (exact) mass is 348 g/mol. The van der Waals surface area contributed by atoms with Gasteiger partial charge in [-0.2, -0.15) is 0 Å². The van der Waals surface area contributed by atoms with Crippen molar-refractivity contribution in [3.63, 3.8) is 0 Å². The van der Waals surface area contributed by atoms with Crippen LogP contribution in [0.2, 0.25) is 0 Å². The Morgan fingerprint density at radius 2 is 1.92 bits per heavy atom. The van der Waals surface area contributed by atoms with Crippen LogP contribution in [-0.4, -0.2) is 58.6 Å². The molecule has 0 radical (unpaired) electrons. The number of rotatable bonds is 6. The molecule has 1 aromatic carbocycles. The summed E-state index contributed by atoms with van der Waals surface area (Å²) < 4.78 is 4.88. The van der Waals surface area contributed by atoms with Crippen molar-refractivity contribution in [3.05, 3.63) is 35.4 Å². The first-order valence-electron chi connectivity index (χ1n) is 8.48. The van der Waals surface area contributed by atoms with E-state index in [1.54, 1.807) is 13.8 Å². The summed E-state index contributed by atoms with van der Waals surface area (Å²) in [5, 5.41) is 9.54. The summed E-state index contributed by atoms with van der Waals surface area (Å²) in [5.41, 5.74) is 1.91. The SMILES string of the molecule is CCOC(=O)CCN(CC)C(=O)N1Cc2ccccc2C[C@H]1C(=O)O. The van der Waals surface area contributed by atoms with E-state index in [0.717, 1.165) is 11.1 Å². The summed E-state index contributed by atoms with van der Waals surface area (Å²) >= 11 is 0. The van der Waals surface area contributed by atoms with Gasteiger partial charge in [-0.15, -0.1) is 0 Å². The highest BCUT2D eigenvalue weighted by Crippen LogP contribution is 2.24. The van der Waals surface area contributed by atoms with Gasteiger partial charge >= 0.3 is 18.0 Å². The van der Waals surface area contributed by atoms with Gasteiger partial charge in [0.05, 0.1) is 13.0 Å². The zero-order valence-electron chi connectivity index (χ0n) is 14.6. The first kappa shape index (κ1) is 18.8. The van der Waals surface area contributed by atoms with Gasteiger partial charge in [0, 0.05) is 26.1 Å². The lowest BCUT2D eigenvalue weighted by Crippen LogP contribution is -2.53. The predicted molar refractivity (Wildman–Crippen MR) is 91.0 cm³/mol. The molecule has 1 aliphatic rings. The third-order valence-corrected chi connectivity index (χ3v) is 4.32. The minimum absolute atomic E-state index is 0.0928. The molecule has 0 bridgehead atoms. The zero-order chi connectivity index (χ0) is 18.4. The number of nitrogens with zero attached hydrogens (tertiary/aromatic N) is 2. The predicted octanol–water partition coefficient (Wildman–Crippen LogP) is 1.89. The van der Waals surface area contributed by atoms with Gasteiger partial charge in [0.25, 0.3) is 0 Å². The number of esters is 1. The molecule has 0 aliphatic carbocycles. The molecule has 7 heteroatoms. The highest BCUT2D eigenvalue weighted by Gasteiger charge is 2.36. The molecule has 1 heterocycles. The van der Waals surface area contributed by atoms with Gasteiger partial charge in [0.1, 0.15) is 6.04 Å². The van der Waals surface area contributed by atoms with Crippen LogP contribution in [-0.2, 0) is 27.3 Å². The molecule has 1 atom stereocenters. The summed E-state index contributed by atoms with van der Waals surface area (Å²) in [5.74, 6) is -1.39. The van der Waals surface area contributed by atoms with Crippen LogP contribution in [0.1, 0.15) is 31.4 Å². The Labute approximate surface area is 147 Å². The van der Waals surface area contributed by atoms with E-state index in [1.165, 1.54) is 9.80 Å². The van der Waals surface area contributed by atoms with E-state index in [2.05, 4.69) is 0 Å². The van der Waals surface area contributed by atoms with Gasteiger partial charge in [-0.1, -0.05) is 24.3 Å². The maximum absolute atomic E-state index is 12.9. The van der Waals surface area contributed by atoms with Crippen LogP contribution < -0.4 is 0 Å². The van der Waals surface area contributed by atoms with Crippen molar-refractivity contribution in [2.24, 2.45) is 0 Å². The lowest BCUT2D eigenvalue weighted by molar-refractivity contribution is -0.144. The van der Waals surface area contributed by atoms with Gasteiger partial charge in [-0.05, 0) is 25.0 Å². The standard InChI is InChI=1S/C18H24N2O5/c1-3-19(10-9-16(21)25-4-2)18(24)20-12-14-8-6-5-7-13(14)11-15(20)17(22)23/h5-8,15H,3-4,9-12H2,1-2H3,(H,22,23)/t15-/m0/s1. The number of aliphatic carboxylic acids is 1. The molecule has 0 saturated heterocycles. The fourth-order valence-corrected chi connectivity index (χ4v) is 2.97. The number of urea groups is 1. The van der Waals surface area contributed by atoms with E-state index >= 15 is 0 Å². The molecule has 0 spiro atoms. The summed E-state index contributed by atoms with van der Waals surface area (Å²) in [6.45, 7) is 4.67.